The highest BCUT2D eigenvalue weighted by Crippen LogP contribution is 2.18. The van der Waals surface area contributed by atoms with Gasteiger partial charge < -0.3 is 10.4 Å². The number of carbonyl (C=O) groups is 1. The summed E-state index contributed by atoms with van der Waals surface area (Å²) in [4.78, 5) is 19.1. The summed E-state index contributed by atoms with van der Waals surface area (Å²) in [6.07, 6.45) is 3.48. The predicted molar refractivity (Wildman–Crippen MR) is 61.6 cm³/mol. The summed E-state index contributed by atoms with van der Waals surface area (Å²) in [6, 6.07) is -0.664. The average Bonchev–Trinajstić information content (AvgIpc) is 2.68. The van der Waals surface area contributed by atoms with Crippen molar-refractivity contribution in [2.45, 2.75) is 19.4 Å². The molecule has 0 spiro atoms. The summed E-state index contributed by atoms with van der Waals surface area (Å²) in [5, 5.41) is 15.9. The summed E-state index contributed by atoms with van der Waals surface area (Å²) < 4.78 is 1.62. The normalized spacial score (nSPS) is 12.6. The molecule has 2 rings (SSSR count). The second-order valence-electron chi connectivity index (χ2n) is 3.67. The second kappa shape index (κ2) is 4.36. The third-order valence-electron chi connectivity index (χ3n) is 2.54. The number of aliphatic carboxylic acids is 1. The fourth-order valence-corrected chi connectivity index (χ4v) is 1.61. The van der Waals surface area contributed by atoms with Gasteiger partial charge in [0.05, 0.1) is 6.20 Å². The Hall–Kier alpha value is -2.18. The van der Waals surface area contributed by atoms with Gasteiger partial charge in [-0.05, 0) is 6.42 Å². The van der Waals surface area contributed by atoms with Crippen LogP contribution in [-0.2, 0) is 11.8 Å². The zero-order chi connectivity index (χ0) is 12.4. The van der Waals surface area contributed by atoms with E-state index in [0.717, 1.165) is 0 Å². The lowest BCUT2D eigenvalue weighted by molar-refractivity contribution is -0.137. The number of aryl methyl sites for hydroxylation is 1. The topological polar surface area (TPSA) is 92.9 Å². The number of hydrogen-bond acceptors (Lipinski definition) is 5. The molecule has 7 nitrogen and oxygen atoms in total. The van der Waals surface area contributed by atoms with Crippen LogP contribution in [0.25, 0.3) is 11.0 Å². The van der Waals surface area contributed by atoms with Crippen LogP contribution in [0.2, 0.25) is 0 Å². The summed E-state index contributed by atoms with van der Waals surface area (Å²) in [5.41, 5.74) is 1.39. The van der Waals surface area contributed by atoms with Gasteiger partial charge in [0.15, 0.2) is 5.82 Å². The van der Waals surface area contributed by atoms with Crippen LogP contribution >= 0.6 is 0 Å². The zero-order valence-corrected chi connectivity index (χ0v) is 9.58. The van der Waals surface area contributed by atoms with Crippen molar-refractivity contribution in [3.05, 3.63) is 12.5 Å². The maximum Gasteiger partial charge on any atom is 0.326 e. The number of aromatic nitrogens is 4. The van der Waals surface area contributed by atoms with Crippen molar-refractivity contribution in [1.82, 2.24) is 19.7 Å². The van der Waals surface area contributed by atoms with E-state index in [1.807, 2.05) is 0 Å². The molecule has 1 atom stereocenters. The van der Waals surface area contributed by atoms with Crippen molar-refractivity contribution in [3.63, 3.8) is 0 Å². The number of nitrogens with zero attached hydrogens (tertiary/aromatic N) is 4. The Balaban J connectivity index is 2.41. The third-order valence-corrected chi connectivity index (χ3v) is 2.54. The molecule has 0 bridgehead atoms. The lowest BCUT2D eigenvalue weighted by Gasteiger charge is -2.13. The van der Waals surface area contributed by atoms with Crippen LogP contribution in [0.3, 0.4) is 0 Å². The summed E-state index contributed by atoms with van der Waals surface area (Å²) in [5.74, 6) is -0.411. The second-order valence-corrected chi connectivity index (χ2v) is 3.67. The Bertz CT molecular complexity index is 551. The molecular weight excluding hydrogens is 222 g/mol. The van der Waals surface area contributed by atoms with Crippen molar-refractivity contribution < 1.29 is 9.90 Å². The fraction of sp³-hybridized carbons (Fsp3) is 0.400. The maximum absolute atomic E-state index is 11.0. The molecule has 1 unspecified atom stereocenters. The highest BCUT2D eigenvalue weighted by Gasteiger charge is 2.17. The van der Waals surface area contributed by atoms with Gasteiger partial charge in [-0.1, -0.05) is 6.92 Å². The minimum atomic E-state index is -0.901. The van der Waals surface area contributed by atoms with Crippen molar-refractivity contribution >= 4 is 22.8 Å². The predicted octanol–water partition coefficient (Wildman–Crippen LogP) is 0.638. The van der Waals surface area contributed by atoms with Crippen LogP contribution in [0, 0.1) is 0 Å². The monoisotopic (exact) mass is 235 g/mol. The molecule has 0 saturated carbocycles. The van der Waals surface area contributed by atoms with Crippen LogP contribution in [0.1, 0.15) is 13.3 Å². The maximum atomic E-state index is 11.0. The number of anilines is 1. The standard InChI is InChI=1S/C10H13N5O2/c1-3-6(10(16)17)14-9-8-7(11-5-12-9)4-13-15(8)2/h4-6H,3H2,1-2H3,(H,16,17)(H,11,12,14). The van der Waals surface area contributed by atoms with E-state index in [2.05, 4.69) is 20.4 Å². The van der Waals surface area contributed by atoms with Crippen LogP contribution < -0.4 is 5.32 Å². The third kappa shape index (κ3) is 2.03. The molecule has 2 aromatic heterocycles. The van der Waals surface area contributed by atoms with Crippen molar-refractivity contribution in [2.75, 3.05) is 5.32 Å². The van der Waals surface area contributed by atoms with E-state index < -0.39 is 12.0 Å². The van der Waals surface area contributed by atoms with Crippen LogP contribution in [0.15, 0.2) is 12.5 Å². The lowest BCUT2D eigenvalue weighted by atomic mass is 10.2. The minimum Gasteiger partial charge on any atom is -0.480 e. The van der Waals surface area contributed by atoms with E-state index in [4.69, 9.17) is 5.11 Å². The van der Waals surface area contributed by atoms with Gasteiger partial charge >= 0.3 is 5.97 Å². The van der Waals surface area contributed by atoms with E-state index in [9.17, 15) is 4.79 Å². The average molecular weight is 235 g/mol. The molecule has 0 aromatic carbocycles. The molecule has 0 aliphatic rings. The Morgan fingerprint density at radius 2 is 2.35 bits per heavy atom. The number of rotatable bonds is 4. The number of hydrogen-bond donors (Lipinski definition) is 2. The molecule has 2 aromatic rings. The van der Waals surface area contributed by atoms with Crippen molar-refractivity contribution in [2.24, 2.45) is 7.05 Å². The smallest absolute Gasteiger partial charge is 0.326 e. The van der Waals surface area contributed by atoms with E-state index in [1.165, 1.54) is 6.33 Å². The van der Waals surface area contributed by atoms with Crippen molar-refractivity contribution in [3.8, 4) is 0 Å². The summed E-state index contributed by atoms with van der Waals surface area (Å²) in [7, 11) is 1.76. The highest BCUT2D eigenvalue weighted by molar-refractivity contribution is 5.87. The number of carboxylic acid groups (broad SMARTS) is 1. The van der Waals surface area contributed by atoms with Gasteiger partial charge in [0, 0.05) is 7.05 Å². The van der Waals surface area contributed by atoms with Gasteiger partial charge in [0.25, 0.3) is 0 Å². The van der Waals surface area contributed by atoms with E-state index >= 15 is 0 Å². The zero-order valence-electron chi connectivity index (χ0n) is 9.58. The Morgan fingerprint density at radius 3 is 3.00 bits per heavy atom. The largest absolute Gasteiger partial charge is 0.480 e. The molecule has 90 valence electrons. The molecular formula is C10H13N5O2. The van der Waals surface area contributed by atoms with Gasteiger partial charge in [0.2, 0.25) is 0 Å². The first kappa shape index (κ1) is 11.3. The highest BCUT2D eigenvalue weighted by atomic mass is 16.4. The molecule has 0 amide bonds. The molecule has 0 saturated heterocycles. The number of fused-ring (bicyclic) bond motifs is 1. The molecule has 0 aliphatic heterocycles. The van der Waals surface area contributed by atoms with Gasteiger partial charge in [-0.15, -0.1) is 0 Å². The van der Waals surface area contributed by atoms with Gasteiger partial charge in [-0.3, -0.25) is 4.68 Å². The lowest BCUT2D eigenvalue weighted by Crippen LogP contribution is -2.29. The van der Waals surface area contributed by atoms with Gasteiger partial charge in [-0.25, -0.2) is 14.8 Å². The van der Waals surface area contributed by atoms with E-state index in [0.29, 0.717) is 23.3 Å². The quantitative estimate of drug-likeness (QED) is 0.807. The van der Waals surface area contributed by atoms with Crippen LogP contribution in [-0.4, -0.2) is 36.9 Å². The molecule has 0 fully saturated rings. The molecule has 0 radical (unpaired) electrons. The number of carboxylic acids is 1. The molecule has 7 heteroatoms. The summed E-state index contributed by atoms with van der Waals surface area (Å²) in [6.45, 7) is 1.80. The first-order valence-corrected chi connectivity index (χ1v) is 5.25. The Labute approximate surface area is 97.5 Å². The van der Waals surface area contributed by atoms with Gasteiger partial charge in [-0.2, -0.15) is 5.10 Å². The molecule has 17 heavy (non-hydrogen) atoms. The fourth-order valence-electron chi connectivity index (χ4n) is 1.61. The first-order valence-electron chi connectivity index (χ1n) is 5.25. The van der Waals surface area contributed by atoms with Crippen LogP contribution in [0.5, 0.6) is 0 Å². The number of nitrogens with one attached hydrogen (secondary N) is 1. The van der Waals surface area contributed by atoms with Gasteiger partial charge in [0.1, 0.15) is 23.4 Å². The first-order chi connectivity index (χ1) is 8.13. The molecule has 0 aliphatic carbocycles. The van der Waals surface area contributed by atoms with E-state index in [-0.39, 0.29) is 0 Å². The molecule has 2 N–H and O–H groups in total. The minimum absolute atomic E-state index is 0.471. The summed E-state index contributed by atoms with van der Waals surface area (Å²) >= 11 is 0. The SMILES string of the molecule is CCC(Nc1ncnc2cnn(C)c12)C(=O)O. The molecule has 2 heterocycles. The van der Waals surface area contributed by atoms with E-state index in [1.54, 1.807) is 24.9 Å². The van der Waals surface area contributed by atoms with Crippen molar-refractivity contribution in [1.29, 1.82) is 0 Å². The van der Waals surface area contributed by atoms with Crippen LogP contribution in [0.4, 0.5) is 5.82 Å². The Kier molecular flexibility index (Phi) is 2.90. The Morgan fingerprint density at radius 1 is 1.59 bits per heavy atom.